The van der Waals surface area contributed by atoms with Gasteiger partial charge in [0.1, 0.15) is 5.75 Å². The van der Waals surface area contributed by atoms with Gasteiger partial charge in [-0.15, -0.1) is 6.58 Å². The van der Waals surface area contributed by atoms with Crippen molar-refractivity contribution in [2.75, 3.05) is 45.0 Å². The van der Waals surface area contributed by atoms with Crippen LogP contribution in [0.3, 0.4) is 0 Å². The molecule has 6 unspecified atom stereocenters. The van der Waals surface area contributed by atoms with Gasteiger partial charge in [-0.1, -0.05) is 6.08 Å². The highest BCUT2D eigenvalue weighted by molar-refractivity contribution is 6.32. The van der Waals surface area contributed by atoms with E-state index in [4.69, 9.17) is 10.5 Å². The molecule has 1 aromatic rings. The number of rotatable bonds is 7. The number of phenols is 1. The lowest BCUT2D eigenvalue weighted by molar-refractivity contribution is -0.181. The Balaban J connectivity index is 1.82. The van der Waals surface area contributed by atoms with Gasteiger partial charge in [0, 0.05) is 25.7 Å². The van der Waals surface area contributed by atoms with Crippen molar-refractivity contribution in [1.82, 2.24) is 4.90 Å². The molecule has 0 bridgehead atoms. The number of anilines is 2. The molecule has 0 spiro atoms. The van der Waals surface area contributed by atoms with Crippen molar-refractivity contribution in [2.24, 2.45) is 29.4 Å². The zero-order chi connectivity index (χ0) is 30.5. The second-order valence-electron chi connectivity index (χ2n) is 11.2. The third-order valence-electron chi connectivity index (χ3n) is 8.31. The molecule has 2 amide bonds. The van der Waals surface area contributed by atoms with E-state index in [0.717, 1.165) is 0 Å². The number of nitrogens with zero attached hydrogens (tertiary/aromatic N) is 2. The highest BCUT2D eigenvalue weighted by atomic mass is 16.5. The predicted molar refractivity (Wildman–Crippen MR) is 145 cm³/mol. The van der Waals surface area contributed by atoms with E-state index in [1.165, 1.54) is 25.1 Å². The van der Waals surface area contributed by atoms with E-state index in [1.807, 2.05) is 0 Å². The number of hydrogen-bond acceptors (Lipinski definition) is 11. The fourth-order valence-corrected chi connectivity index (χ4v) is 6.53. The quantitative estimate of drug-likeness (QED) is 0.150. The van der Waals surface area contributed by atoms with Crippen molar-refractivity contribution in [3.8, 4) is 5.75 Å². The molecule has 0 radical (unpaired) electrons. The minimum Gasteiger partial charge on any atom is -0.505 e. The number of nitrogens with one attached hydrogen (secondary N) is 1. The summed E-state index contributed by atoms with van der Waals surface area (Å²) in [5, 5.41) is 25.2. The lowest BCUT2D eigenvalue weighted by Crippen LogP contribution is -2.74. The number of carbonyl (C=O) groups excluding carboxylic acids is 6. The Morgan fingerprint density at radius 1 is 1.20 bits per heavy atom. The molecule has 5 N–H and O–H groups in total. The zero-order valence-corrected chi connectivity index (χ0v) is 23.3. The Morgan fingerprint density at radius 3 is 2.41 bits per heavy atom. The zero-order valence-electron chi connectivity index (χ0n) is 23.3. The van der Waals surface area contributed by atoms with Gasteiger partial charge in [0.15, 0.2) is 34.7 Å². The topological polar surface area (TPSA) is 197 Å². The first kappa shape index (κ1) is 29.9. The number of ketones is 4. The molecule has 4 rings (SSSR count). The molecule has 220 valence electrons. The first-order valence-corrected chi connectivity index (χ1v) is 13.1. The Labute approximate surface area is 236 Å². The van der Waals surface area contributed by atoms with Gasteiger partial charge in [0.2, 0.25) is 5.91 Å². The number of nitrogens with two attached hydrogens (primary N) is 1. The molecular formula is C28H34N4O9. The summed E-state index contributed by atoms with van der Waals surface area (Å²) < 4.78 is 5.04. The fourth-order valence-electron chi connectivity index (χ4n) is 6.53. The smallest absolute Gasteiger partial charge is 0.411 e. The molecule has 41 heavy (non-hydrogen) atoms. The molecule has 2 fully saturated rings. The summed E-state index contributed by atoms with van der Waals surface area (Å²) in [6.45, 7) is 3.58. The summed E-state index contributed by atoms with van der Waals surface area (Å²) in [7, 11) is 6.44. The molecule has 0 heterocycles. The predicted octanol–water partition coefficient (Wildman–Crippen LogP) is 0.0576. The fraction of sp³-hybridized carbons (Fsp3) is 0.500. The van der Waals surface area contributed by atoms with E-state index >= 15 is 0 Å². The number of ether oxygens (including phenoxy) is 1. The van der Waals surface area contributed by atoms with Crippen LogP contribution >= 0.6 is 0 Å². The number of benzene rings is 1. The number of amides is 2. The second kappa shape index (κ2) is 10.7. The Bertz CT molecular complexity index is 1370. The number of likely N-dealkylation sites (N-methyl/N-ethyl adjacent to an activating group) is 1. The van der Waals surface area contributed by atoms with Crippen LogP contribution in [0.1, 0.15) is 28.8 Å². The summed E-state index contributed by atoms with van der Waals surface area (Å²) in [4.78, 5) is 82.1. The van der Waals surface area contributed by atoms with Gasteiger partial charge in [-0.05, 0) is 50.9 Å². The molecule has 0 aromatic heterocycles. The maximum Gasteiger partial charge on any atom is 0.411 e. The maximum absolute atomic E-state index is 14.0. The molecule has 13 heteroatoms. The van der Waals surface area contributed by atoms with Gasteiger partial charge < -0.3 is 25.6 Å². The average Bonchev–Trinajstić information content (AvgIpc) is 2.87. The summed E-state index contributed by atoms with van der Waals surface area (Å²) in [5.74, 6) is -11.6. The maximum atomic E-state index is 14.0. The van der Waals surface area contributed by atoms with Gasteiger partial charge >= 0.3 is 6.09 Å². The number of Topliss-reactive ketones (excluding diaryl/α,β-unsaturated/α-hetero) is 4. The second-order valence-corrected chi connectivity index (χ2v) is 11.2. The van der Waals surface area contributed by atoms with Crippen LogP contribution in [0.25, 0.3) is 0 Å². The van der Waals surface area contributed by atoms with Crippen molar-refractivity contribution in [1.29, 1.82) is 0 Å². The van der Waals surface area contributed by atoms with Crippen LogP contribution in [0.4, 0.5) is 16.2 Å². The van der Waals surface area contributed by atoms with E-state index in [9.17, 15) is 39.0 Å². The number of fused-ring (bicyclic) bond motifs is 3. The minimum atomic E-state index is -2.82. The van der Waals surface area contributed by atoms with E-state index in [0.29, 0.717) is 17.7 Å². The number of aromatic hydroxyl groups is 1. The highest BCUT2D eigenvalue weighted by Gasteiger charge is 2.69. The summed E-state index contributed by atoms with van der Waals surface area (Å²) in [5.41, 5.74) is 3.05. The van der Waals surface area contributed by atoms with Crippen LogP contribution in [0.2, 0.25) is 0 Å². The third kappa shape index (κ3) is 4.58. The number of primary amides is 1. The molecule has 6 atom stereocenters. The molecular weight excluding hydrogens is 536 g/mol. The van der Waals surface area contributed by atoms with Gasteiger partial charge in [-0.2, -0.15) is 0 Å². The van der Waals surface area contributed by atoms with Gasteiger partial charge in [-0.3, -0.25) is 34.2 Å². The summed E-state index contributed by atoms with van der Waals surface area (Å²) in [6, 6.07) is 0.294. The van der Waals surface area contributed by atoms with E-state index in [1.54, 1.807) is 25.1 Å². The third-order valence-corrected chi connectivity index (χ3v) is 8.31. The first-order valence-electron chi connectivity index (χ1n) is 13.1. The Morgan fingerprint density at radius 2 is 1.85 bits per heavy atom. The molecule has 0 saturated heterocycles. The van der Waals surface area contributed by atoms with Crippen LogP contribution < -0.4 is 16.0 Å². The van der Waals surface area contributed by atoms with E-state index in [-0.39, 0.29) is 30.7 Å². The van der Waals surface area contributed by atoms with Crippen molar-refractivity contribution < 1.29 is 43.7 Å². The van der Waals surface area contributed by atoms with Crippen molar-refractivity contribution in [3.05, 3.63) is 29.8 Å². The lowest BCUT2D eigenvalue weighted by Gasteiger charge is -2.52. The molecule has 3 aliphatic rings. The minimum absolute atomic E-state index is 0.0370. The Kier molecular flexibility index (Phi) is 7.80. The molecule has 0 aliphatic heterocycles. The number of hydrogen-bond donors (Lipinski definition) is 4. The summed E-state index contributed by atoms with van der Waals surface area (Å²) >= 11 is 0. The monoisotopic (exact) mass is 570 g/mol. The average molecular weight is 571 g/mol. The van der Waals surface area contributed by atoms with Crippen LogP contribution in [-0.4, -0.2) is 96.7 Å². The van der Waals surface area contributed by atoms with Gasteiger partial charge in [0.05, 0.1) is 29.8 Å². The van der Waals surface area contributed by atoms with Crippen LogP contribution in [-0.2, 0) is 30.3 Å². The SMILES string of the molecule is C=CCCOC(=O)Nc1cc(N(C)C)c2c(c1O)C(=O)C1C(=O)C3(O)C(=O)C(C(N)=O)C(=O)C(N(C)C)C3CC1C2. The van der Waals surface area contributed by atoms with E-state index in [2.05, 4.69) is 11.9 Å². The first-order chi connectivity index (χ1) is 19.2. The van der Waals surface area contributed by atoms with Crippen molar-refractivity contribution in [2.45, 2.75) is 30.9 Å². The number of phenolic OH excluding ortho intramolecular Hbond substituents is 1. The normalized spacial score (nSPS) is 28.9. The van der Waals surface area contributed by atoms with Crippen LogP contribution in [0.15, 0.2) is 18.7 Å². The van der Waals surface area contributed by atoms with Crippen molar-refractivity contribution >= 4 is 46.5 Å². The van der Waals surface area contributed by atoms with Gasteiger partial charge in [-0.25, -0.2) is 4.79 Å². The van der Waals surface area contributed by atoms with E-state index < -0.39 is 76.2 Å². The van der Waals surface area contributed by atoms with Crippen LogP contribution in [0.5, 0.6) is 5.75 Å². The van der Waals surface area contributed by atoms with Crippen LogP contribution in [0, 0.1) is 23.7 Å². The standard InChI is InChI=1S/C28H34N4O9/c1-6-7-8-41-27(39)30-15-11-16(31(2)3)13-9-12-10-14-20(32(4)5)23(35)19(26(29)38)25(37)28(14,40)24(36)17(12)22(34)18(13)21(15)33/h6,11-12,14,17,19-20,33,40H,1,7-10H2,2-5H3,(H2,29,38)(H,30,39). The lowest BCUT2D eigenvalue weighted by atomic mass is 9.52. The Hall–Kier alpha value is -4.10. The molecule has 3 aliphatic carbocycles. The number of aliphatic hydroxyl groups is 1. The molecule has 1 aromatic carbocycles. The number of carbonyl (C=O) groups is 6. The van der Waals surface area contributed by atoms with Crippen molar-refractivity contribution in [3.63, 3.8) is 0 Å². The summed E-state index contributed by atoms with van der Waals surface area (Å²) in [6.07, 6.45) is 1.10. The highest BCUT2D eigenvalue weighted by Crippen LogP contribution is 2.52. The molecule has 2 saturated carbocycles. The largest absolute Gasteiger partial charge is 0.505 e. The molecule has 13 nitrogen and oxygen atoms in total. The van der Waals surface area contributed by atoms with Gasteiger partial charge in [0.25, 0.3) is 0 Å².